The largest absolute Gasteiger partial charge is 0.493 e. The number of carbonyl (C=O) groups is 1. The van der Waals surface area contributed by atoms with Gasteiger partial charge in [0.25, 0.3) is 0 Å². The predicted molar refractivity (Wildman–Crippen MR) is 94.8 cm³/mol. The van der Waals surface area contributed by atoms with Crippen LogP contribution in [0.2, 0.25) is 0 Å². The van der Waals surface area contributed by atoms with E-state index in [0.29, 0.717) is 41.8 Å². The fraction of sp³-hybridized carbons (Fsp3) is 0.350. The zero-order chi connectivity index (χ0) is 18.1. The van der Waals surface area contributed by atoms with E-state index < -0.39 is 5.97 Å². The Morgan fingerprint density at radius 1 is 1.12 bits per heavy atom. The van der Waals surface area contributed by atoms with Crippen LogP contribution in [-0.2, 0) is 13.0 Å². The summed E-state index contributed by atoms with van der Waals surface area (Å²) < 4.78 is 16.6. The van der Waals surface area contributed by atoms with Gasteiger partial charge in [-0.1, -0.05) is 13.8 Å². The van der Waals surface area contributed by atoms with Crippen LogP contribution >= 0.6 is 0 Å². The van der Waals surface area contributed by atoms with Gasteiger partial charge in [0.05, 0.1) is 19.8 Å². The average Bonchev–Trinajstić information content (AvgIpc) is 2.58. The van der Waals surface area contributed by atoms with Crippen LogP contribution in [0.15, 0.2) is 24.3 Å². The van der Waals surface area contributed by atoms with Crippen molar-refractivity contribution in [3.8, 4) is 28.4 Å². The molecule has 0 bridgehead atoms. The number of methoxy groups -OCH3 is 2. The molecule has 0 aromatic heterocycles. The maximum atomic E-state index is 11.7. The number of hydrogen-bond acceptors (Lipinski definition) is 4. The van der Waals surface area contributed by atoms with Crippen molar-refractivity contribution in [2.45, 2.75) is 26.9 Å². The van der Waals surface area contributed by atoms with Crippen LogP contribution in [0.3, 0.4) is 0 Å². The molecule has 0 atom stereocenters. The van der Waals surface area contributed by atoms with Gasteiger partial charge >= 0.3 is 5.97 Å². The maximum Gasteiger partial charge on any atom is 0.335 e. The SMILES string of the molecule is COc1cc2c(cc1OC)-c1cc(C(=O)O)c(CC(C)C)cc1OC2. The lowest BCUT2D eigenvalue weighted by Gasteiger charge is -2.24. The van der Waals surface area contributed by atoms with Crippen molar-refractivity contribution in [3.05, 3.63) is 41.0 Å². The van der Waals surface area contributed by atoms with E-state index in [-0.39, 0.29) is 0 Å². The Balaban J connectivity index is 2.19. The van der Waals surface area contributed by atoms with Crippen LogP contribution in [-0.4, -0.2) is 25.3 Å². The Bertz CT molecular complexity index is 823. The topological polar surface area (TPSA) is 65.0 Å². The molecular weight excluding hydrogens is 320 g/mol. The molecule has 5 nitrogen and oxygen atoms in total. The van der Waals surface area contributed by atoms with E-state index in [1.165, 1.54) is 0 Å². The van der Waals surface area contributed by atoms with Crippen LogP contribution in [0.4, 0.5) is 0 Å². The highest BCUT2D eigenvalue weighted by molar-refractivity contribution is 5.93. The van der Waals surface area contributed by atoms with Crippen molar-refractivity contribution in [1.29, 1.82) is 0 Å². The Kier molecular flexibility index (Phi) is 4.57. The van der Waals surface area contributed by atoms with E-state index in [2.05, 4.69) is 13.8 Å². The monoisotopic (exact) mass is 342 g/mol. The quantitative estimate of drug-likeness (QED) is 0.884. The van der Waals surface area contributed by atoms with Gasteiger partial charge in [0.15, 0.2) is 11.5 Å². The smallest absolute Gasteiger partial charge is 0.335 e. The summed E-state index contributed by atoms with van der Waals surface area (Å²) in [6.07, 6.45) is 0.692. The molecule has 1 aliphatic heterocycles. The lowest BCUT2D eigenvalue weighted by Crippen LogP contribution is -2.11. The Morgan fingerprint density at radius 2 is 1.80 bits per heavy atom. The minimum absolute atomic E-state index is 0.318. The molecule has 2 aromatic carbocycles. The number of aromatic carboxylic acids is 1. The van der Waals surface area contributed by atoms with Gasteiger partial charge in [-0.15, -0.1) is 0 Å². The van der Waals surface area contributed by atoms with Gasteiger partial charge in [-0.2, -0.15) is 0 Å². The molecule has 1 aliphatic rings. The van der Waals surface area contributed by atoms with Gasteiger partial charge in [-0.25, -0.2) is 4.79 Å². The van der Waals surface area contributed by atoms with Crippen molar-refractivity contribution in [2.75, 3.05) is 14.2 Å². The molecule has 0 amide bonds. The van der Waals surface area contributed by atoms with E-state index >= 15 is 0 Å². The van der Waals surface area contributed by atoms with Gasteiger partial charge in [0.1, 0.15) is 12.4 Å². The number of ether oxygens (including phenoxy) is 3. The fourth-order valence-corrected chi connectivity index (χ4v) is 3.21. The van der Waals surface area contributed by atoms with Crippen molar-refractivity contribution in [1.82, 2.24) is 0 Å². The Labute approximate surface area is 147 Å². The molecule has 0 fully saturated rings. The second-order valence-corrected chi connectivity index (χ2v) is 6.56. The summed E-state index contributed by atoms with van der Waals surface area (Å²) in [6.45, 7) is 4.55. The summed E-state index contributed by atoms with van der Waals surface area (Å²) in [5.74, 6) is 1.38. The highest BCUT2D eigenvalue weighted by atomic mass is 16.5. The summed E-state index contributed by atoms with van der Waals surface area (Å²) in [6, 6.07) is 7.32. The van der Waals surface area contributed by atoms with E-state index in [4.69, 9.17) is 14.2 Å². The number of fused-ring (bicyclic) bond motifs is 3. The third kappa shape index (κ3) is 3.14. The molecule has 0 spiro atoms. The van der Waals surface area contributed by atoms with Gasteiger partial charge in [0, 0.05) is 11.1 Å². The second kappa shape index (κ2) is 6.67. The highest BCUT2D eigenvalue weighted by Crippen LogP contribution is 2.44. The van der Waals surface area contributed by atoms with Gasteiger partial charge in [-0.05, 0) is 47.7 Å². The molecule has 0 saturated heterocycles. The molecule has 25 heavy (non-hydrogen) atoms. The number of carboxylic acids is 1. The molecule has 2 aromatic rings. The van der Waals surface area contributed by atoms with Crippen LogP contribution < -0.4 is 14.2 Å². The summed E-state index contributed by atoms with van der Waals surface area (Å²) in [7, 11) is 3.17. The molecule has 132 valence electrons. The van der Waals surface area contributed by atoms with Crippen LogP contribution in [0.25, 0.3) is 11.1 Å². The van der Waals surface area contributed by atoms with E-state index in [0.717, 1.165) is 22.3 Å². The molecular formula is C20H22O5. The third-order valence-electron chi connectivity index (χ3n) is 4.35. The van der Waals surface area contributed by atoms with E-state index in [1.807, 2.05) is 18.2 Å². The van der Waals surface area contributed by atoms with Crippen LogP contribution in [0.5, 0.6) is 17.2 Å². The molecule has 1 N–H and O–H groups in total. The normalized spacial score (nSPS) is 12.2. The highest BCUT2D eigenvalue weighted by Gasteiger charge is 2.24. The summed E-state index contributed by atoms with van der Waals surface area (Å²) in [5.41, 5.74) is 3.74. The van der Waals surface area contributed by atoms with Gasteiger partial charge in [0.2, 0.25) is 0 Å². The van der Waals surface area contributed by atoms with Crippen LogP contribution in [0.1, 0.15) is 35.3 Å². The fourth-order valence-electron chi connectivity index (χ4n) is 3.21. The average molecular weight is 342 g/mol. The van der Waals surface area contributed by atoms with Crippen molar-refractivity contribution < 1.29 is 24.1 Å². The second-order valence-electron chi connectivity index (χ2n) is 6.56. The van der Waals surface area contributed by atoms with E-state index in [1.54, 1.807) is 20.3 Å². The number of benzene rings is 2. The first kappa shape index (κ1) is 17.1. The zero-order valence-electron chi connectivity index (χ0n) is 14.9. The summed E-state index contributed by atoms with van der Waals surface area (Å²) >= 11 is 0. The third-order valence-corrected chi connectivity index (χ3v) is 4.35. The first-order chi connectivity index (χ1) is 11.9. The molecule has 0 radical (unpaired) electrons. The maximum absolute atomic E-state index is 11.7. The first-order valence-electron chi connectivity index (χ1n) is 8.22. The Morgan fingerprint density at radius 3 is 2.40 bits per heavy atom. The first-order valence-corrected chi connectivity index (χ1v) is 8.22. The number of rotatable bonds is 5. The lowest BCUT2D eigenvalue weighted by atomic mass is 9.90. The standard InChI is InChI=1S/C20H22O5/c1-11(2)5-12-6-17-16(8-15(12)20(21)22)14-9-19(24-4)18(23-3)7-13(14)10-25-17/h6-9,11H,5,10H2,1-4H3,(H,21,22). The molecule has 0 aliphatic carbocycles. The molecule has 5 heteroatoms. The summed E-state index contributed by atoms with van der Waals surface area (Å²) in [5, 5.41) is 9.63. The van der Waals surface area contributed by atoms with Crippen molar-refractivity contribution >= 4 is 5.97 Å². The van der Waals surface area contributed by atoms with E-state index in [9.17, 15) is 9.90 Å². The molecule has 0 saturated carbocycles. The zero-order valence-corrected chi connectivity index (χ0v) is 14.9. The minimum atomic E-state index is -0.925. The Hall–Kier alpha value is -2.69. The van der Waals surface area contributed by atoms with Gasteiger partial charge < -0.3 is 19.3 Å². The van der Waals surface area contributed by atoms with Crippen molar-refractivity contribution in [2.24, 2.45) is 5.92 Å². The molecule has 1 heterocycles. The predicted octanol–water partition coefficient (Wildman–Crippen LogP) is 4.16. The number of hydrogen-bond donors (Lipinski definition) is 1. The molecule has 3 rings (SSSR count). The van der Waals surface area contributed by atoms with Crippen LogP contribution in [0, 0.1) is 5.92 Å². The minimum Gasteiger partial charge on any atom is -0.493 e. The number of carboxylic acid groups (broad SMARTS) is 1. The summed E-state index contributed by atoms with van der Waals surface area (Å²) in [4.78, 5) is 11.7. The lowest BCUT2D eigenvalue weighted by molar-refractivity contribution is 0.0695. The van der Waals surface area contributed by atoms with Crippen molar-refractivity contribution in [3.63, 3.8) is 0 Å². The molecule has 0 unspecified atom stereocenters. The van der Waals surface area contributed by atoms with Gasteiger partial charge in [-0.3, -0.25) is 0 Å².